The molecule has 0 aromatic heterocycles. The van der Waals surface area contributed by atoms with E-state index in [1.54, 1.807) is 25.7 Å². The maximum absolute atomic E-state index is 13.2. The molecular formula is C24H39N3O4. The standard InChI is InChI=1S/C24H39N3O4/c1-8-9-10-14-27(20(28)16-25-23(30)31-24(5,6)7)21(22(29)26-17(2)3)19-13-11-12-18(4)15-19/h11-13,15,17,21H,8-10,14,16H2,1-7H3,(H,25,30)(H,26,29). The highest BCUT2D eigenvalue weighted by Crippen LogP contribution is 2.23. The zero-order valence-corrected chi connectivity index (χ0v) is 20.1. The molecule has 0 heterocycles. The Morgan fingerprint density at radius 2 is 1.81 bits per heavy atom. The molecule has 0 fully saturated rings. The average Bonchev–Trinajstić information content (AvgIpc) is 2.63. The second-order valence-electron chi connectivity index (χ2n) is 9.13. The molecule has 2 N–H and O–H groups in total. The Morgan fingerprint density at radius 3 is 2.35 bits per heavy atom. The van der Waals surface area contributed by atoms with Gasteiger partial charge in [-0.2, -0.15) is 0 Å². The third kappa shape index (κ3) is 9.85. The van der Waals surface area contributed by atoms with Crippen molar-refractivity contribution in [3.8, 4) is 0 Å². The number of hydrogen-bond acceptors (Lipinski definition) is 4. The molecule has 0 spiro atoms. The van der Waals surface area contributed by atoms with E-state index >= 15 is 0 Å². The number of amides is 3. The Morgan fingerprint density at radius 1 is 1.13 bits per heavy atom. The molecule has 31 heavy (non-hydrogen) atoms. The number of carbonyl (C=O) groups is 3. The SMILES string of the molecule is CCCCCN(C(=O)CNC(=O)OC(C)(C)C)C(C(=O)NC(C)C)c1cccc(C)c1. The zero-order chi connectivity index (χ0) is 23.6. The van der Waals surface area contributed by atoms with Gasteiger partial charge in [-0.25, -0.2) is 4.79 Å². The maximum atomic E-state index is 13.2. The average molecular weight is 434 g/mol. The minimum atomic E-state index is -0.771. The molecule has 1 rings (SSSR count). The highest BCUT2D eigenvalue weighted by molar-refractivity contribution is 5.90. The number of nitrogens with zero attached hydrogens (tertiary/aromatic N) is 1. The molecule has 1 atom stereocenters. The lowest BCUT2D eigenvalue weighted by Gasteiger charge is -2.32. The van der Waals surface area contributed by atoms with Gasteiger partial charge in [-0.1, -0.05) is 49.6 Å². The van der Waals surface area contributed by atoms with Crippen molar-refractivity contribution in [1.29, 1.82) is 0 Å². The Hall–Kier alpha value is -2.57. The van der Waals surface area contributed by atoms with E-state index in [0.717, 1.165) is 30.4 Å². The number of aryl methyl sites for hydroxylation is 1. The van der Waals surface area contributed by atoms with Crippen molar-refractivity contribution >= 4 is 17.9 Å². The molecule has 0 saturated carbocycles. The lowest BCUT2D eigenvalue weighted by molar-refractivity contribution is -0.140. The van der Waals surface area contributed by atoms with Gasteiger partial charge in [-0.3, -0.25) is 9.59 Å². The van der Waals surface area contributed by atoms with Crippen LogP contribution in [0.3, 0.4) is 0 Å². The Bertz CT molecular complexity index is 741. The molecule has 174 valence electrons. The number of rotatable bonds is 10. The van der Waals surface area contributed by atoms with Crippen LogP contribution in [0.15, 0.2) is 24.3 Å². The first-order valence-electron chi connectivity index (χ1n) is 11.1. The van der Waals surface area contributed by atoms with Crippen molar-refractivity contribution in [2.45, 2.75) is 85.4 Å². The Labute approximate surface area is 186 Å². The molecule has 0 aliphatic carbocycles. The fraction of sp³-hybridized carbons (Fsp3) is 0.625. The monoisotopic (exact) mass is 433 g/mol. The summed E-state index contributed by atoms with van der Waals surface area (Å²) < 4.78 is 5.23. The minimum absolute atomic E-state index is 0.0627. The van der Waals surface area contributed by atoms with Gasteiger partial charge in [0.2, 0.25) is 11.8 Å². The van der Waals surface area contributed by atoms with Crippen LogP contribution in [-0.4, -0.2) is 47.5 Å². The first kappa shape index (κ1) is 26.5. The van der Waals surface area contributed by atoms with Gasteiger partial charge in [-0.15, -0.1) is 0 Å². The van der Waals surface area contributed by atoms with E-state index in [9.17, 15) is 14.4 Å². The maximum Gasteiger partial charge on any atom is 0.408 e. The summed E-state index contributed by atoms with van der Waals surface area (Å²) in [6.45, 7) is 13.3. The van der Waals surface area contributed by atoms with E-state index < -0.39 is 17.7 Å². The number of nitrogens with one attached hydrogen (secondary N) is 2. The van der Waals surface area contributed by atoms with Crippen molar-refractivity contribution < 1.29 is 19.1 Å². The summed E-state index contributed by atoms with van der Waals surface area (Å²) in [6.07, 6.45) is 2.04. The molecular weight excluding hydrogens is 394 g/mol. The van der Waals surface area contributed by atoms with E-state index in [1.165, 1.54) is 0 Å². The number of unbranched alkanes of at least 4 members (excludes halogenated alkanes) is 2. The molecule has 1 unspecified atom stereocenters. The molecule has 0 bridgehead atoms. The molecule has 0 saturated heterocycles. The number of alkyl carbamates (subject to hydrolysis) is 1. The highest BCUT2D eigenvalue weighted by atomic mass is 16.6. The third-order valence-corrected chi connectivity index (χ3v) is 4.45. The van der Waals surface area contributed by atoms with E-state index in [-0.39, 0.29) is 24.4 Å². The Kier molecular flexibility index (Phi) is 10.5. The van der Waals surface area contributed by atoms with E-state index in [4.69, 9.17) is 4.74 Å². The fourth-order valence-corrected chi connectivity index (χ4v) is 3.17. The van der Waals surface area contributed by atoms with Crippen LogP contribution >= 0.6 is 0 Å². The molecule has 0 radical (unpaired) electrons. The van der Waals surface area contributed by atoms with Gasteiger partial charge in [0.05, 0.1) is 0 Å². The smallest absolute Gasteiger partial charge is 0.408 e. The van der Waals surface area contributed by atoms with Crippen LogP contribution in [0.2, 0.25) is 0 Å². The van der Waals surface area contributed by atoms with Gasteiger partial charge in [0.15, 0.2) is 0 Å². The quantitative estimate of drug-likeness (QED) is 0.544. The zero-order valence-electron chi connectivity index (χ0n) is 20.1. The minimum Gasteiger partial charge on any atom is -0.444 e. The summed E-state index contributed by atoms with van der Waals surface area (Å²) in [5, 5.41) is 5.46. The van der Waals surface area contributed by atoms with E-state index in [1.807, 2.05) is 45.0 Å². The van der Waals surface area contributed by atoms with Crippen LogP contribution in [0.1, 0.15) is 78.0 Å². The van der Waals surface area contributed by atoms with E-state index in [0.29, 0.717) is 6.54 Å². The van der Waals surface area contributed by atoms with Crippen LogP contribution in [0, 0.1) is 6.92 Å². The molecule has 1 aromatic rings. The molecule has 7 nitrogen and oxygen atoms in total. The number of hydrogen-bond donors (Lipinski definition) is 2. The van der Waals surface area contributed by atoms with E-state index in [2.05, 4.69) is 17.6 Å². The summed E-state index contributed by atoms with van der Waals surface area (Å²) in [4.78, 5) is 39.9. The molecule has 1 aromatic carbocycles. The van der Waals surface area contributed by atoms with Gasteiger partial charge >= 0.3 is 6.09 Å². The predicted octanol–water partition coefficient (Wildman–Crippen LogP) is 4.10. The number of ether oxygens (including phenoxy) is 1. The van der Waals surface area contributed by atoms with Gasteiger partial charge < -0.3 is 20.3 Å². The van der Waals surface area contributed by atoms with Crippen molar-refractivity contribution in [2.75, 3.05) is 13.1 Å². The summed E-state index contributed by atoms with van der Waals surface area (Å²) in [6, 6.07) is 6.78. The highest BCUT2D eigenvalue weighted by Gasteiger charge is 2.31. The van der Waals surface area contributed by atoms with Gasteiger partial charge in [0.1, 0.15) is 18.2 Å². The second kappa shape index (κ2) is 12.3. The summed E-state index contributed by atoms with van der Waals surface area (Å²) in [5.74, 6) is -0.560. The summed E-state index contributed by atoms with van der Waals surface area (Å²) in [5.41, 5.74) is 1.10. The molecule has 7 heteroatoms. The van der Waals surface area contributed by atoms with Crippen molar-refractivity contribution in [2.24, 2.45) is 0 Å². The lowest BCUT2D eigenvalue weighted by atomic mass is 10.0. The third-order valence-electron chi connectivity index (χ3n) is 4.45. The number of carbonyl (C=O) groups excluding carboxylic acids is 3. The first-order chi connectivity index (χ1) is 14.4. The van der Waals surface area contributed by atoms with Crippen molar-refractivity contribution in [1.82, 2.24) is 15.5 Å². The van der Waals surface area contributed by atoms with Crippen molar-refractivity contribution in [3.63, 3.8) is 0 Å². The second-order valence-corrected chi connectivity index (χ2v) is 9.13. The lowest BCUT2D eigenvalue weighted by Crippen LogP contribution is -2.49. The van der Waals surface area contributed by atoms with Gasteiger partial charge in [-0.05, 0) is 53.5 Å². The number of benzene rings is 1. The van der Waals surface area contributed by atoms with Crippen LogP contribution < -0.4 is 10.6 Å². The molecule has 0 aliphatic heterocycles. The van der Waals surface area contributed by atoms with Crippen LogP contribution in [0.4, 0.5) is 4.79 Å². The fourth-order valence-electron chi connectivity index (χ4n) is 3.17. The normalized spacial score (nSPS) is 12.3. The summed E-state index contributed by atoms with van der Waals surface area (Å²) >= 11 is 0. The van der Waals surface area contributed by atoms with Crippen LogP contribution in [0.25, 0.3) is 0 Å². The topological polar surface area (TPSA) is 87.7 Å². The molecule has 0 aliphatic rings. The van der Waals surface area contributed by atoms with Gasteiger partial charge in [0.25, 0.3) is 0 Å². The van der Waals surface area contributed by atoms with Crippen LogP contribution in [0.5, 0.6) is 0 Å². The van der Waals surface area contributed by atoms with Crippen LogP contribution in [-0.2, 0) is 14.3 Å². The summed E-state index contributed by atoms with van der Waals surface area (Å²) in [7, 11) is 0. The predicted molar refractivity (Wildman–Crippen MR) is 123 cm³/mol. The molecule has 3 amide bonds. The Balaban J connectivity index is 3.16. The van der Waals surface area contributed by atoms with Gasteiger partial charge in [0, 0.05) is 12.6 Å². The van der Waals surface area contributed by atoms with Crippen molar-refractivity contribution in [3.05, 3.63) is 35.4 Å². The largest absolute Gasteiger partial charge is 0.444 e. The first-order valence-corrected chi connectivity index (χ1v) is 11.1.